The van der Waals surface area contributed by atoms with E-state index < -0.39 is 5.97 Å². The summed E-state index contributed by atoms with van der Waals surface area (Å²) in [5.74, 6) is -0.726. The van der Waals surface area contributed by atoms with Crippen LogP contribution in [0.15, 0.2) is 18.2 Å². The van der Waals surface area contributed by atoms with Crippen LogP contribution in [-0.4, -0.2) is 17.1 Å². The molecule has 1 aromatic rings. The summed E-state index contributed by atoms with van der Waals surface area (Å²) in [7, 11) is 0. The van der Waals surface area contributed by atoms with Gasteiger partial charge in [-0.05, 0) is 36.8 Å². The highest BCUT2D eigenvalue weighted by Gasteiger charge is 2.43. The van der Waals surface area contributed by atoms with E-state index in [0.29, 0.717) is 6.04 Å². The van der Waals surface area contributed by atoms with Crippen molar-refractivity contribution >= 4 is 11.7 Å². The van der Waals surface area contributed by atoms with Gasteiger partial charge in [0, 0.05) is 11.7 Å². The van der Waals surface area contributed by atoms with Crippen molar-refractivity contribution in [2.24, 2.45) is 5.92 Å². The summed E-state index contributed by atoms with van der Waals surface area (Å²) in [5, 5.41) is 13.0. The van der Waals surface area contributed by atoms with Crippen molar-refractivity contribution in [3.63, 3.8) is 0 Å². The number of aliphatic carboxylic acids is 1. The molecule has 90 valence electrons. The molecule has 0 spiro atoms. The van der Waals surface area contributed by atoms with Gasteiger partial charge < -0.3 is 10.4 Å². The van der Waals surface area contributed by atoms with Gasteiger partial charge in [0.05, 0.1) is 5.92 Å². The molecule has 1 fully saturated rings. The Balaban J connectivity index is 2.13. The molecule has 3 atom stereocenters. The van der Waals surface area contributed by atoms with Gasteiger partial charge in [-0.2, -0.15) is 0 Å². The second-order valence-corrected chi connectivity index (χ2v) is 5.20. The highest BCUT2D eigenvalue weighted by molar-refractivity contribution is 5.81. The van der Waals surface area contributed by atoms with E-state index in [0.717, 1.165) is 36.1 Å². The third kappa shape index (κ3) is 1.53. The Hall–Kier alpha value is -1.51. The van der Waals surface area contributed by atoms with Crippen molar-refractivity contribution in [3.8, 4) is 0 Å². The molecule has 1 heterocycles. The van der Waals surface area contributed by atoms with Crippen LogP contribution in [0.3, 0.4) is 0 Å². The molecule has 1 saturated carbocycles. The van der Waals surface area contributed by atoms with Gasteiger partial charge in [-0.3, -0.25) is 4.79 Å². The van der Waals surface area contributed by atoms with Gasteiger partial charge in [0.25, 0.3) is 0 Å². The predicted molar refractivity (Wildman–Crippen MR) is 66.3 cm³/mol. The van der Waals surface area contributed by atoms with Crippen molar-refractivity contribution in [1.82, 2.24) is 0 Å². The molecule has 3 unspecified atom stereocenters. The first-order chi connectivity index (χ1) is 8.18. The summed E-state index contributed by atoms with van der Waals surface area (Å²) in [6.07, 6.45) is 3.27. The van der Waals surface area contributed by atoms with Crippen LogP contribution < -0.4 is 5.32 Å². The second-order valence-electron chi connectivity index (χ2n) is 5.20. The number of anilines is 1. The molecule has 0 aromatic heterocycles. The number of aryl methyl sites for hydroxylation is 1. The molecular weight excluding hydrogens is 214 g/mol. The first-order valence-electron chi connectivity index (χ1n) is 6.27. The molecule has 1 aromatic carbocycles. The number of hydrogen-bond acceptors (Lipinski definition) is 2. The van der Waals surface area contributed by atoms with Crippen molar-refractivity contribution in [1.29, 1.82) is 0 Å². The Kier molecular flexibility index (Phi) is 2.35. The number of rotatable bonds is 1. The van der Waals surface area contributed by atoms with E-state index in [1.807, 2.05) is 25.1 Å². The molecule has 3 nitrogen and oxygen atoms in total. The Morgan fingerprint density at radius 2 is 2.24 bits per heavy atom. The number of carbonyl (C=O) groups is 1. The van der Waals surface area contributed by atoms with Gasteiger partial charge in [-0.1, -0.05) is 24.6 Å². The van der Waals surface area contributed by atoms with E-state index in [9.17, 15) is 9.90 Å². The summed E-state index contributed by atoms with van der Waals surface area (Å²) < 4.78 is 0. The van der Waals surface area contributed by atoms with E-state index in [1.54, 1.807) is 0 Å². The van der Waals surface area contributed by atoms with Crippen molar-refractivity contribution in [2.45, 2.75) is 38.1 Å². The Morgan fingerprint density at radius 1 is 1.41 bits per heavy atom. The van der Waals surface area contributed by atoms with Gasteiger partial charge >= 0.3 is 5.97 Å². The van der Waals surface area contributed by atoms with Crippen LogP contribution in [0.2, 0.25) is 0 Å². The summed E-state index contributed by atoms with van der Waals surface area (Å²) in [4.78, 5) is 11.5. The van der Waals surface area contributed by atoms with E-state index in [4.69, 9.17) is 0 Å². The fourth-order valence-corrected chi connectivity index (χ4v) is 3.45. The minimum absolute atomic E-state index is 0.266. The fraction of sp³-hybridized carbons (Fsp3) is 0.500. The minimum Gasteiger partial charge on any atom is -0.481 e. The highest BCUT2D eigenvalue weighted by Crippen LogP contribution is 2.46. The SMILES string of the molecule is Cc1cccc2c1NC1CCCC1C2C(=O)O. The molecule has 17 heavy (non-hydrogen) atoms. The standard InChI is InChI=1S/C14H17NO2/c1-8-4-2-6-10-12(14(16)17)9-5-3-7-11(9)15-13(8)10/h2,4,6,9,11-12,15H,3,5,7H2,1H3,(H,16,17). The zero-order valence-electron chi connectivity index (χ0n) is 9.94. The first-order valence-corrected chi connectivity index (χ1v) is 6.27. The average Bonchev–Trinajstić information content (AvgIpc) is 2.74. The first kappa shape index (κ1) is 10.6. The van der Waals surface area contributed by atoms with Crippen LogP contribution in [0, 0.1) is 12.8 Å². The largest absolute Gasteiger partial charge is 0.481 e. The van der Waals surface area contributed by atoms with E-state index >= 15 is 0 Å². The van der Waals surface area contributed by atoms with Crippen molar-refractivity contribution in [3.05, 3.63) is 29.3 Å². The smallest absolute Gasteiger partial charge is 0.311 e. The predicted octanol–water partition coefficient (Wildman–Crippen LogP) is 2.76. The van der Waals surface area contributed by atoms with Crippen LogP contribution in [0.4, 0.5) is 5.69 Å². The molecule has 0 radical (unpaired) electrons. The number of nitrogens with one attached hydrogen (secondary N) is 1. The summed E-state index contributed by atoms with van der Waals surface area (Å²) in [5.41, 5.74) is 3.18. The lowest BCUT2D eigenvalue weighted by atomic mass is 9.78. The number of carboxylic acids is 1. The summed E-state index contributed by atoms with van der Waals surface area (Å²) in [6.45, 7) is 2.04. The zero-order chi connectivity index (χ0) is 12.0. The molecule has 2 aliphatic rings. The van der Waals surface area contributed by atoms with E-state index in [1.165, 1.54) is 0 Å². The summed E-state index contributed by atoms with van der Waals surface area (Å²) in [6, 6.07) is 6.31. The molecule has 0 bridgehead atoms. The maximum Gasteiger partial charge on any atom is 0.311 e. The molecule has 0 saturated heterocycles. The number of carboxylic acid groups (broad SMARTS) is 1. The molecule has 3 rings (SSSR count). The monoisotopic (exact) mass is 231 g/mol. The maximum absolute atomic E-state index is 11.5. The Bertz CT molecular complexity index is 469. The van der Waals surface area contributed by atoms with Gasteiger partial charge in [-0.25, -0.2) is 0 Å². The van der Waals surface area contributed by atoms with Crippen LogP contribution in [0.1, 0.15) is 36.3 Å². The van der Waals surface area contributed by atoms with Gasteiger partial charge in [0.15, 0.2) is 0 Å². The summed E-state index contributed by atoms with van der Waals surface area (Å²) >= 11 is 0. The Morgan fingerprint density at radius 3 is 3.00 bits per heavy atom. The molecule has 0 amide bonds. The molecule has 2 N–H and O–H groups in total. The normalized spacial score (nSPS) is 30.3. The van der Waals surface area contributed by atoms with Gasteiger partial charge in [0.2, 0.25) is 0 Å². The lowest BCUT2D eigenvalue weighted by Crippen LogP contribution is -2.37. The topological polar surface area (TPSA) is 49.3 Å². The van der Waals surface area contributed by atoms with Crippen LogP contribution >= 0.6 is 0 Å². The second kappa shape index (κ2) is 3.76. The number of benzene rings is 1. The number of fused-ring (bicyclic) bond motifs is 2. The van der Waals surface area contributed by atoms with Crippen molar-refractivity contribution < 1.29 is 9.90 Å². The van der Waals surface area contributed by atoms with E-state index in [-0.39, 0.29) is 11.8 Å². The van der Waals surface area contributed by atoms with Crippen LogP contribution in [0.5, 0.6) is 0 Å². The third-order valence-electron chi connectivity index (χ3n) is 4.23. The number of hydrogen-bond donors (Lipinski definition) is 2. The highest BCUT2D eigenvalue weighted by atomic mass is 16.4. The molecule has 1 aliphatic heterocycles. The fourth-order valence-electron chi connectivity index (χ4n) is 3.45. The van der Waals surface area contributed by atoms with Gasteiger partial charge in [0.1, 0.15) is 0 Å². The van der Waals surface area contributed by atoms with Gasteiger partial charge in [-0.15, -0.1) is 0 Å². The maximum atomic E-state index is 11.5. The lowest BCUT2D eigenvalue weighted by Gasteiger charge is -2.35. The minimum atomic E-state index is -0.671. The molecule has 3 heteroatoms. The number of para-hydroxylation sites is 1. The molecular formula is C14H17NO2. The average molecular weight is 231 g/mol. The van der Waals surface area contributed by atoms with Crippen molar-refractivity contribution in [2.75, 3.05) is 5.32 Å². The van der Waals surface area contributed by atoms with E-state index in [2.05, 4.69) is 5.32 Å². The van der Waals surface area contributed by atoms with Crippen LogP contribution in [0.25, 0.3) is 0 Å². The molecule has 1 aliphatic carbocycles. The zero-order valence-corrected chi connectivity index (χ0v) is 9.94. The van der Waals surface area contributed by atoms with Crippen LogP contribution in [-0.2, 0) is 4.79 Å². The third-order valence-corrected chi connectivity index (χ3v) is 4.23. The Labute approximate surface area is 101 Å². The quantitative estimate of drug-likeness (QED) is 0.781. The lowest BCUT2D eigenvalue weighted by molar-refractivity contribution is -0.140.